The van der Waals surface area contributed by atoms with Gasteiger partial charge in [-0.1, -0.05) is 45.9 Å². The molecule has 0 aliphatic rings. The Kier molecular flexibility index (Phi) is 8.74. The first-order chi connectivity index (χ1) is 16.7. The van der Waals surface area contributed by atoms with E-state index in [-0.39, 0.29) is 17.5 Å². The second kappa shape index (κ2) is 11.7. The van der Waals surface area contributed by atoms with E-state index in [0.717, 1.165) is 23.0 Å². The van der Waals surface area contributed by atoms with E-state index in [4.69, 9.17) is 4.74 Å². The molecule has 0 fully saturated rings. The zero-order chi connectivity index (χ0) is 25.5. The monoisotopic (exact) mass is 475 g/mol. The average Bonchev–Trinajstić information content (AvgIpc) is 3.19. The smallest absolute Gasteiger partial charge is 0.270 e. The fourth-order valence-electron chi connectivity index (χ4n) is 4.19. The Balaban J connectivity index is 2.05. The van der Waals surface area contributed by atoms with Crippen LogP contribution in [-0.2, 0) is 11.3 Å². The van der Waals surface area contributed by atoms with Crippen molar-refractivity contribution in [1.82, 2.24) is 14.8 Å². The molecule has 3 aromatic rings. The highest BCUT2D eigenvalue weighted by atomic mass is 16.5. The first kappa shape index (κ1) is 26.1. The maximum atomic E-state index is 13.8. The number of aryl methyl sites for hydroxylation is 1. The number of carbonyl (C=O) groups excluding carboxylic acids is 2. The van der Waals surface area contributed by atoms with Crippen molar-refractivity contribution < 1.29 is 14.3 Å². The molecule has 0 saturated carbocycles. The minimum atomic E-state index is -0.333. The first-order valence-electron chi connectivity index (χ1n) is 12.3. The summed E-state index contributed by atoms with van der Waals surface area (Å²) in [5, 5.41) is 3.96. The summed E-state index contributed by atoms with van der Waals surface area (Å²) in [6.07, 6.45) is 3.85. The number of hydrogen-bond acceptors (Lipinski definition) is 3. The van der Waals surface area contributed by atoms with Crippen LogP contribution < -0.4 is 10.1 Å². The van der Waals surface area contributed by atoms with Gasteiger partial charge in [0.05, 0.1) is 7.11 Å². The van der Waals surface area contributed by atoms with Gasteiger partial charge in [0, 0.05) is 47.9 Å². The lowest BCUT2D eigenvalue weighted by molar-refractivity contribution is -0.128. The number of rotatable bonds is 10. The molecule has 0 spiro atoms. The van der Waals surface area contributed by atoms with Crippen LogP contribution in [0.4, 0.5) is 0 Å². The van der Waals surface area contributed by atoms with E-state index >= 15 is 0 Å². The van der Waals surface area contributed by atoms with E-state index in [1.165, 1.54) is 0 Å². The second-order valence-electron chi connectivity index (χ2n) is 9.63. The fourth-order valence-corrected chi connectivity index (χ4v) is 4.19. The van der Waals surface area contributed by atoms with Crippen molar-refractivity contribution in [3.05, 3.63) is 71.6 Å². The van der Waals surface area contributed by atoms with Crippen LogP contribution in [0.3, 0.4) is 0 Å². The molecule has 186 valence electrons. The normalized spacial score (nSPS) is 11.8. The summed E-state index contributed by atoms with van der Waals surface area (Å²) < 4.78 is 7.35. The molecule has 1 heterocycles. The molecule has 6 nitrogen and oxygen atoms in total. The Morgan fingerprint density at radius 2 is 1.63 bits per heavy atom. The third-order valence-corrected chi connectivity index (χ3v) is 5.75. The minimum Gasteiger partial charge on any atom is -0.497 e. The van der Waals surface area contributed by atoms with Crippen molar-refractivity contribution in [1.29, 1.82) is 0 Å². The standard InChI is InChI=1S/C29H37N3O3/c1-7-31-19-23(25-10-8-9-11-27(25)31)16-26(29(34)32(17-20(2)3)18-21(4)5)30-28(33)22-12-14-24(35-6)15-13-22/h8-16,19-21H,7,17-18H2,1-6H3,(H,30,33). The molecule has 6 heteroatoms. The summed E-state index contributed by atoms with van der Waals surface area (Å²) in [6.45, 7) is 12.5. The Bertz CT molecular complexity index is 1180. The van der Waals surface area contributed by atoms with Gasteiger partial charge in [0.15, 0.2) is 0 Å². The Labute approximate surface area is 208 Å². The van der Waals surface area contributed by atoms with Gasteiger partial charge in [0.1, 0.15) is 11.4 Å². The van der Waals surface area contributed by atoms with Crippen molar-refractivity contribution in [2.24, 2.45) is 11.8 Å². The molecular formula is C29H37N3O3. The molecule has 0 aliphatic heterocycles. The zero-order valence-corrected chi connectivity index (χ0v) is 21.7. The van der Waals surface area contributed by atoms with Crippen LogP contribution in [0.5, 0.6) is 5.75 Å². The van der Waals surface area contributed by atoms with E-state index in [2.05, 4.69) is 50.6 Å². The Hall–Kier alpha value is -3.54. The molecule has 0 aliphatic carbocycles. The van der Waals surface area contributed by atoms with Gasteiger partial charge in [0.2, 0.25) is 0 Å². The van der Waals surface area contributed by atoms with Crippen molar-refractivity contribution >= 4 is 28.8 Å². The number of fused-ring (bicyclic) bond motifs is 1. The molecular weight excluding hydrogens is 438 g/mol. The lowest BCUT2D eigenvalue weighted by Gasteiger charge is -2.27. The fraction of sp³-hybridized carbons (Fsp3) is 0.379. The summed E-state index contributed by atoms with van der Waals surface area (Å²) in [5.41, 5.74) is 2.72. The molecule has 0 unspecified atom stereocenters. The SMILES string of the molecule is CCn1cc(C=C(NC(=O)c2ccc(OC)cc2)C(=O)N(CC(C)C)CC(C)C)c2ccccc21. The van der Waals surface area contributed by atoms with Gasteiger partial charge in [-0.15, -0.1) is 0 Å². The van der Waals surface area contributed by atoms with Crippen LogP contribution in [0.1, 0.15) is 50.5 Å². The number of amides is 2. The van der Waals surface area contributed by atoms with Gasteiger partial charge in [-0.3, -0.25) is 9.59 Å². The maximum absolute atomic E-state index is 13.8. The molecule has 0 saturated heterocycles. The number of benzene rings is 2. The quantitative estimate of drug-likeness (QED) is 0.389. The number of methoxy groups -OCH3 is 1. The number of hydrogen-bond donors (Lipinski definition) is 1. The van der Waals surface area contributed by atoms with E-state index < -0.39 is 0 Å². The zero-order valence-electron chi connectivity index (χ0n) is 21.7. The van der Waals surface area contributed by atoms with Crippen molar-refractivity contribution in [2.75, 3.05) is 20.2 Å². The number of nitrogens with zero attached hydrogens (tertiary/aromatic N) is 2. The average molecular weight is 476 g/mol. The van der Waals surface area contributed by atoms with E-state index in [1.54, 1.807) is 31.4 Å². The lowest BCUT2D eigenvalue weighted by atomic mass is 10.1. The van der Waals surface area contributed by atoms with E-state index in [0.29, 0.717) is 36.2 Å². The molecule has 35 heavy (non-hydrogen) atoms. The molecule has 0 atom stereocenters. The largest absolute Gasteiger partial charge is 0.497 e. The van der Waals surface area contributed by atoms with Crippen LogP contribution in [0, 0.1) is 11.8 Å². The van der Waals surface area contributed by atoms with Crippen LogP contribution in [-0.4, -0.2) is 41.5 Å². The predicted molar refractivity (Wildman–Crippen MR) is 142 cm³/mol. The number of carbonyl (C=O) groups is 2. The topological polar surface area (TPSA) is 63.6 Å². The highest BCUT2D eigenvalue weighted by Gasteiger charge is 2.23. The Morgan fingerprint density at radius 1 is 1.00 bits per heavy atom. The summed E-state index contributed by atoms with van der Waals surface area (Å²) >= 11 is 0. The van der Waals surface area contributed by atoms with Crippen molar-refractivity contribution in [3.63, 3.8) is 0 Å². The first-order valence-corrected chi connectivity index (χ1v) is 12.3. The molecule has 0 bridgehead atoms. The van der Waals surface area contributed by atoms with Gasteiger partial charge < -0.3 is 19.5 Å². The molecule has 2 amide bonds. The second-order valence-corrected chi connectivity index (χ2v) is 9.63. The molecule has 1 aromatic heterocycles. The summed E-state index contributed by atoms with van der Waals surface area (Å²) in [5.74, 6) is 0.764. The summed E-state index contributed by atoms with van der Waals surface area (Å²) in [6, 6.07) is 15.0. The van der Waals surface area contributed by atoms with Gasteiger partial charge in [-0.25, -0.2) is 0 Å². The van der Waals surface area contributed by atoms with Gasteiger partial charge in [0.25, 0.3) is 11.8 Å². The van der Waals surface area contributed by atoms with Gasteiger partial charge in [-0.2, -0.15) is 0 Å². The number of para-hydroxylation sites is 1. The molecule has 2 aromatic carbocycles. The third kappa shape index (κ3) is 6.53. The Morgan fingerprint density at radius 3 is 2.20 bits per heavy atom. The predicted octanol–water partition coefficient (Wildman–Crippen LogP) is 5.58. The van der Waals surface area contributed by atoms with E-state index in [1.807, 2.05) is 35.4 Å². The van der Waals surface area contributed by atoms with Crippen LogP contribution in [0.15, 0.2) is 60.4 Å². The van der Waals surface area contributed by atoms with Gasteiger partial charge in [-0.05, 0) is 55.2 Å². The summed E-state index contributed by atoms with van der Waals surface area (Å²) in [4.78, 5) is 28.8. The highest BCUT2D eigenvalue weighted by molar-refractivity contribution is 6.06. The van der Waals surface area contributed by atoms with Crippen LogP contribution >= 0.6 is 0 Å². The van der Waals surface area contributed by atoms with Crippen molar-refractivity contribution in [2.45, 2.75) is 41.2 Å². The van der Waals surface area contributed by atoms with E-state index in [9.17, 15) is 9.59 Å². The highest BCUT2D eigenvalue weighted by Crippen LogP contribution is 2.24. The number of nitrogens with one attached hydrogen (secondary N) is 1. The van der Waals surface area contributed by atoms with Crippen molar-refractivity contribution in [3.8, 4) is 5.75 Å². The maximum Gasteiger partial charge on any atom is 0.270 e. The number of ether oxygens (including phenoxy) is 1. The minimum absolute atomic E-state index is 0.178. The van der Waals surface area contributed by atoms with Gasteiger partial charge >= 0.3 is 0 Å². The molecule has 1 N–H and O–H groups in total. The third-order valence-electron chi connectivity index (χ3n) is 5.75. The van der Waals surface area contributed by atoms with Crippen LogP contribution in [0.2, 0.25) is 0 Å². The van der Waals surface area contributed by atoms with Crippen LogP contribution in [0.25, 0.3) is 17.0 Å². The number of aromatic nitrogens is 1. The molecule has 3 rings (SSSR count). The molecule has 0 radical (unpaired) electrons. The summed E-state index contributed by atoms with van der Waals surface area (Å²) in [7, 11) is 1.58. The lowest BCUT2D eigenvalue weighted by Crippen LogP contribution is -2.42.